The maximum absolute atomic E-state index is 11.3. The molecule has 20 heavy (non-hydrogen) atoms. The van der Waals surface area contributed by atoms with Crippen LogP contribution in [0.15, 0.2) is 0 Å². The van der Waals surface area contributed by atoms with Gasteiger partial charge >= 0.3 is 0 Å². The molecule has 0 spiro atoms. The lowest BCUT2D eigenvalue weighted by atomic mass is 10.1. The third-order valence-corrected chi connectivity index (χ3v) is 4.32. The third kappa shape index (κ3) is 10.3. The Morgan fingerprint density at radius 2 is 1.75 bits per heavy atom. The highest BCUT2D eigenvalue weighted by Crippen LogP contribution is 2.08. The lowest BCUT2D eigenvalue weighted by Gasteiger charge is -2.30. The average Bonchev–Trinajstić information content (AvgIpc) is 2.26. The van der Waals surface area contributed by atoms with Gasteiger partial charge in [-0.05, 0) is 33.2 Å². The molecule has 0 rings (SSSR count). The molecular weight excluding hydrogens is 280 g/mol. The van der Waals surface area contributed by atoms with Crippen molar-refractivity contribution in [3.63, 3.8) is 0 Å². The van der Waals surface area contributed by atoms with Gasteiger partial charge in [-0.25, -0.2) is 0 Å². The summed E-state index contributed by atoms with van der Waals surface area (Å²) in [5.74, 6) is -0.0182. The molecule has 0 radical (unpaired) electrons. The molecule has 0 aromatic heterocycles. The summed E-state index contributed by atoms with van der Waals surface area (Å²) in [4.78, 5) is 11.3. The van der Waals surface area contributed by atoms with Gasteiger partial charge in [0.25, 0.3) is 10.1 Å². The van der Waals surface area contributed by atoms with Gasteiger partial charge in [-0.15, -0.1) is 0 Å². The van der Waals surface area contributed by atoms with Crippen molar-refractivity contribution in [1.82, 2.24) is 5.32 Å². The van der Waals surface area contributed by atoms with Crippen LogP contribution in [0.3, 0.4) is 0 Å². The second-order valence-electron chi connectivity index (χ2n) is 5.97. The van der Waals surface area contributed by atoms with Gasteiger partial charge < -0.3 is 9.80 Å². The Balaban J connectivity index is 3.90. The van der Waals surface area contributed by atoms with Crippen LogP contribution in [0.5, 0.6) is 0 Å². The summed E-state index contributed by atoms with van der Waals surface area (Å²) in [6.45, 7) is 3.23. The van der Waals surface area contributed by atoms with E-state index < -0.39 is 10.1 Å². The van der Waals surface area contributed by atoms with E-state index in [-0.39, 0.29) is 17.6 Å². The summed E-state index contributed by atoms with van der Waals surface area (Å²) in [5.41, 5.74) is 0. The van der Waals surface area contributed by atoms with Crippen molar-refractivity contribution in [3.05, 3.63) is 0 Å². The van der Waals surface area contributed by atoms with Crippen molar-refractivity contribution in [2.24, 2.45) is 0 Å². The lowest BCUT2D eigenvalue weighted by Crippen LogP contribution is -2.42. The molecule has 0 aliphatic carbocycles. The Morgan fingerprint density at radius 3 is 2.20 bits per heavy atom. The van der Waals surface area contributed by atoms with Crippen LogP contribution in [-0.2, 0) is 14.9 Å². The van der Waals surface area contributed by atoms with Gasteiger partial charge in [-0.3, -0.25) is 9.35 Å². The van der Waals surface area contributed by atoms with Crippen LogP contribution in [0, 0.1) is 0 Å². The number of unbranched alkanes of at least 4 members (excludes halogenated alkanes) is 1. The number of nitrogens with one attached hydrogen (secondary N) is 1. The van der Waals surface area contributed by atoms with Gasteiger partial charge in [0.1, 0.15) is 5.78 Å². The highest BCUT2D eigenvalue weighted by Gasteiger charge is 2.17. The lowest BCUT2D eigenvalue weighted by molar-refractivity contribution is -0.890. The zero-order valence-corrected chi connectivity index (χ0v) is 13.9. The predicted octanol–water partition coefficient (Wildman–Crippen LogP) is 0.688. The van der Waals surface area contributed by atoms with E-state index in [9.17, 15) is 13.2 Å². The van der Waals surface area contributed by atoms with Gasteiger partial charge in [0.05, 0.1) is 39.0 Å². The fraction of sp³-hybridized carbons (Fsp3) is 0.923. The fourth-order valence-electron chi connectivity index (χ4n) is 2.23. The SMILES string of the molecule is CN[C@@H](CCCC[N+](C)(C)CCCS(=O)(=O)O)C(C)=O. The molecule has 0 bridgehead atoms. The average molecular weight is 309 g/mol. The van der Waals surface area contributed by atoms with Crippen molar-refractivity contribution in [2.75, 3.05) is 40.0 Å². The summed E-state index contributed by atoms with van der Waals surface area (Å²) >= 11 is 0. The van der Waals surface area contributed by atoms with Crippen molar-refractivity contribution in [1.29, 1.82) is 0 Å². The number of rotatable bonds is 11. The Morgan fingerprint density at radius 1 is 1.20 bits per heavy atom. The molecule has 7 heteroatoms. The summed E-state index contributed by atoms with van der Waals surface area (Å²) in [6.07, 6.45) is 3.24. The Bertz CT molecular complexity index is 393. The van der Waals surface area contributed by atoms with E-state index in [1.54, 1.807) is 14.0 Å². The second-order valence-corrected chi connectivity index (χ2v) is 7.54. The van der Waals surface area contributed by atoms with Crippen LogP contribution < -0.4 is 5.32 Å². The van der Waals surface area contributed by atoms with Crippen LogP contribution in [-0.4, -0.2) is 69.3 Å². The molecule has 0 unspecified atom stereocenters. The highest BCUT2D eigenvalue weighted by atomic mass is 32.2. The number of Topliss-reactive ketones (excluding diaryl/α,β-unsaturated/α-hetero) is 1. The Hall–Kier alpha value is -0.500. The van der Waals surface area contributed by atoms with E-state index in [0.29, 0.717) is 13.0 Å². The van der Waals surface area contributed by atoms with Crippen LogP contribution in [0.25, 0.3) is 0 Å². The first-order valence-electron chi connectivity index (χ1n) is 7.02. The standard InChI is InChI=1S/C13H28N2O4S/c1-12(16)13(14-2)8-5-6-9-15(3,4)10-7-11-20(17,18)19/h13-14H,5-11H2,1-4H3/p+1/t13-/m0/s1. The first kappa shape index (κ1) is 19.5. The first-order chi connectivity index (χ1) is 9.07. The van der Waals surface area contributed by atoms with E-state index >= 15 is 0 Å². The number of nitrogens with zero attached hydrogens (tertiary/aromatic N) is 1. The number of likely N-dealkylation sites (N-methyl/N-ethyl adjacent to an activating group) is 1. The molecule has 0 aliphatic heterocycles. The summed E-state index contributed by atoms with van der Waals surface area (Å²) in [6, 6.07) is -0.0647. The molecule has 1 atom stereocenters. The number of carbonyl (C=O) groups excluding carboxylic acids is 1. The van der Waals surface area contributed by atoms with Gasteiger partial charge in [-0.1, -0.05) is 0 Å². The van der Waals surface area contributed by atoms with Crippen LogP contribution in [0.2, 0.25) is 0 Å². The van der Waals surface area contributed by atoms with Crippen LogP contribution in [0.1, 0.15) is 32.6 Å². The number of hydrogen-bond donors (Lipinski definition) is 2. The number of quaternary nitrogens is 1. The Labute approximate surface area is 122 Å². The normalized spacial score (nSPS) is 14.2. The molecule has 120 valence electrons. The van der Waals surface area contributed by atoms with Gasteiger partial charge in [-0.2, -0.15) is 8.42 Å². The minimum Gasteiger partial charge on any atom is -0.328 e. The molecule has 0 aromatic carbocycles. The molecule has 2 N–H and O–H groups in total. The Kier molecular flexibility index (Phi) is 8.50. The quantitative estimate of drug-likeness (QED) is 0.333. The molecule has 0 aromatic rings. The number of ketones is 1. The molecule has 0 aliphatic rings. The summed E-state index contributed by atoms with van der Waals surface area (Å²) < 4.78 is 30.7. The van der Waals surface area contributed by atoms with Gasteiger partial charge in [0, 0.05) is 6.42 Å². The van der Waals surface area contributed by atoms with Gasteiger partial charge in [0.2, 0.25) is 0 Å². The van der Waals surface area contributed by atoms with Crippen LogP contribution in [0.4, 0.5) is 0 Å². The molecule has 0 fully saturated rings. The topological polar surface area (TPSA) is 83.5 Å². The molecule has 0 saturated heterocycles. The molecule has 0 saturated carbocycles. The van der Waals surface area contributed by atoms with E-state index in [2.05, 4.69) is 5.32 Å². The number of hydrogen-bond acceptors (Lipinski definition) is 4. The molecular formula is C13H29N2O4S+. The summed E-state index contributed by atoms with van der Waals surface area (Å²) in [7, 11) is 2.03. The van der Waals surface area contributed by atoms with Crippen molar-refractivity contribution in [3.8, 4) is 0 Å². The third-order valence-electron chi connectivity index (χ3n) is 3.51. The first-order valence-corrected chi connectivity index (χ1v) is 8.63. The second kappa shape index (κ2) is 8.71. The van der Waals surface area contributed by atoms with Crippen molar-refractivity contribution >= 4 is 15.9 Å². The minimum absolute atomic E-state index is 0.0647. The minimum atomic E-state index is -3.85. The maximum atomic E-state index is 11.3. The van der Waals surface area contributed by atoms with Gasteiger partial charge in [0.15, 0.2) is 0 Å². The van der Waals surface area contributed by atoms with E-state index in [1.807, 2.05) is 14.1 Å². The van der Waals surface area contributed by atoms with Crippen LogP contribution >= 0.6 is 0 Å². The van der Waals surface area contributed by atoms with E-state index in [0.717, 1.165) is 30.3 Å². The zero-order chi connectivity index (χ0) is 15.8. The van der Waals surface area contributed by atoms with Crippen molar-refractivity contribution in [2.45, 2.75) is 38.6 Å². The van der Waals surface area contributed by atoms with E-state index in [1.165, 1.54) is 0 Å². The predicted molar refractivity (Wildman–Crippen MR) is 80.3 cm³/mol. The molecule has 0 amide bonds. The van der Waals surface area contributed by atoms with E-state index in [4.69, 9.17) is 4.55 Å². The van der Waals surface area contributed by atoms with Crippen molar-refractivity contribution < 1.29 is 22.2 Å². The number of carbonyl (C=O) groups is 1. The zero-order valence-electron chi connectivity index (χ0n) is 13.1. The molecule has 6 nitrogen and oxygen atoms in total. The summed E-state index contributed by atoms with van der Waals surface area (Å²) in [5, 5.41) is 3.00. The smallest absolute Gasteiger partial charge is 0.265 e. The fourth-order valence-corrected chi connectivity index (χ4v) is 2.72. The monoisotopic (exact) mass is 309 g/mol. The highest BCUT2D eigenvalue weighted by molar-refractivity contribution is 7.85. The molecule has 0 heterocycles. The maximum Gasteiger partial charge on any atom is 0.265 e. The largest absolute Gasteiger partial charge is 0.328 e.